The molecular formula is C16H16BrN3. The summed E-state index contributed by atoms with van der Waals surface area (Å²) in [6.07, 6.45) is 1.06. The lowest BCUT2D eigenvalue weighted by atomic mass is 10.1. The Hall–Kier alpha value is -1.81. The SMILES string of the molecule is CCCn1c(-c2cc(Br)ccc2N)nc2ccccc21. The first-order valence-corrected chi connectivity index (χ1v) is 7.50. The number of hydrogen-bond donors (Lipinski definition) is 1. The van der Waals surface area contributed by atoms with Crippen LogP contribution in [0.3, 0.4) is 0 Å². The van der Waals surface area contributed by atoms with E-state index in [2.05, 4.69) is 33.5 Å². The summed E-state index contributed by atoms with van der Waals surface area (Å²) in [7, 11) is 0. The van der Waals surface area contributed by atoms with Gasteiger partial charge in [0.2, 0.25) is 0 Å². The van der Waals surface area contributed by atoms with E-state index in [1.807, 2.05) is 36.4 Å². The van der Waals surface area contributed by atoms with E-state index >= 15 is 0 Å². The van der Waals surface area contributed by atoms with Crippen molar-refractivity contribution < 1.29 is 0 Å². The third kappa shape index (κ3) is 2.20. The van der Waals surface area contributed by atoms with Crippen molar-refractivity contribution in [3.63, 3.8) is 0 Å². The van der Waals surface area contributed by atoms with Gasteiger partial charge in [0, 0.05) is 22.3 Å². The standard InChI is InChI=1S/C16H16BrN3/c1-2-9-20-15-6-4-3-5-14(15)19-16(20)12-10-11(17)7-8-13(12)18/h3-8,10H,2,9,18H2,1H3. The number of nitrogens with two attached hydrogens (primary N) is 1. The zero-order valence-corrected chi connectivity index (χ0v) is 12.9. The summed E-state index contributed by atoms with van der Waals surface area (Å²) in [6.45, 7) is 3.10. The maximum Gasteiger partial charge on any atom is 0.143 e. The second kappa shape index (κ2) is 5.29. The number of nitrogen functional groups attached to an aromatic ring is 1. The molecule has 0 saturated carbocycles. The number of anilines is 1. The molecular weight excluding hydrogens is 314 g/mol. The fourth-order valence-corrected chi connectivity index (χ4v) is 2.81. The number of para-hydroxylation sites is 2. The summed E-state index contributed by atoms with van der Waals surface area (Å²) in [5.74, 6) is 0.937. The van der Waals surface area contributed by atoms with Crippen molar-refractivity contribution >= 4 is 32.7 Å². The Morgan fingerprint density at radius 2 is 2.00 bits per heavy atom. The minimum absolute atomic E-state index is 0.751. The van der Waals surface area contributed by atoms with Gasteiger partial charge in [-0.2, -0.15) is 0 Å². The average molecular weight is 330 g/mol. The molecule has 0 atom stereocenters. The summed E-state index contributed by atoms with van der Waals surface area (Å²) in [5.41, 5.74) is 10.0. The van der Waals surface area contributed by atoms with Crippen LogP contribution in [0.5, 0.6) is 0 Å². The number of benzene rings is 2. The fraction of sp³-hybridized carbons (Fsp3) is 0.188. The van der Waals surface area contributed by atoms with E-state index in [9.17, 15) is 0 Å². The van der Waals surface area contributed by atoms with Crippen molar-refractivity contribution in [2.24, 2.45) is 0 Å². The fourth-order valence-electron chi connectivity index (χ4n) is 2.45. The molecule has 1 aromatic heterocycles. The highest BCUT2D eigenvalue weighted by atomic mass is 79.9. The highest BCUT2D eigenvalue weighted by Crippen LogP contribution is 2.31. The van der Waals surface area contributed by atoms with Crippen molar-refractivity contribution in [3.05, 3.63) is 46.9 Å². The Kier molecular flexibility index (Phi) is 3.49. The van der Waals surface area contributed by atoms with Gasteiger partial charge in [-0.3, -0.25) is 0 Å². The average Bonchev–Trinajstić information content (AvgIpc) is 2.81. The number of nitrogens with zero attached hydrogens (tertiary/aromatic N) is 2. The smallest absolute Gasteiger partial charge is 0.143 e. The number of rotatable bonds is 3. The van der Waals surface area contributed by atoms with E-state index in [-0.39, 0.29) is 0 Å². The lowest BCUT2D eigenvalue weighted by molar-refractivity contribution is 0.704. The zero-order valence-electron chi connectivity index (χ0n) is 11.3. The van der Waals surface area contributed by atoms with Crippen LogP contribution >= 0.6 is 15.9 Å². The minimum Gasteiger partial charge on any atom is -0.398 e. The van der Waals surface area contributed by atoms with Gasteiger partial charge in [-0.25, -0.2) is 4.98 Å². The Labute approximate surface area is 126 Å². The van der Waals surface area contributed by atoms with Gasteiger partial charge in [0.1, 0.15) is 5.82 Å². The Morgan fingerprint density at radius 3 is 2.80 bits per heavy atom. The molecule has 2 N–H and O–H groups in total. The normalized spacial score (nSPS) is 11.1. The van der Waals surface area contributed by atoms with Crippen molar-refractivity contribution in [1.29, 1.82) is 0 Å². The Bertz CT molecular complexity index is 762. The van der Waals surface area contributed by atoms with Gasteiger partial charge in [-0.1, -0.05) is 35.0 Å². The number of halogens is 1. The highest BCUT2D eigenvalue weighted by Gasteiger charge is 2.14. The van der Waals surface area contributed by atoms with E-state index in [4.69, 9.17) is 10.7 Å². The first-order chi connectivity index (χ1) is 9.70. The molecule has 3 nitrogen and oxygen atoms in total. The molecule has 0 aliphatic rings. The number of aromatic nitrogens is 2. The molecule has 0 spiro atoms. The highest BCUT2D eigenvalue weighted by molar-refractivity contribution is 9.10. The molecule has 0 amide bonds. The Morgan fingerprint density at radius 1 is 1.20 bits per heavy atom. The molecule has 1 heterocycles. The van der Waals surface area contributed by atoms with Crippen molar-refractivity contribution in [2.75, 3.05) is 5.73 Å². The summed E-state index contributed by atoms with van der Waals surface area (Å²) in [4.78, 5) is 4.77. The molecule has 0 bridgehead atoms. The lowest BCUT2D eigenvalue weighted by Crippen LogP contribution is -2.01. The number of fused-ring (bicyclic) bond motifs is 1. The third-order valence-corrected chi connectivity index (χ3v) is 3.85. The molecule has 4 heteroatoms. The topological polar surface area (TPSA) is 43.8 Å². The second-order valence-electron chi connectivity index (χ2n) is 4.81. The summed E-state index contributed by atoms with van der Waals surface area (Å²) >= 11 is 3.51. The van der Waals surface area contributed by atoms with Crippen LogP contribution in [0.4, 0.5) is 5.69 Å². The predicted molar refractivity (Wildman–Crippen MR) is 87.6 cm³/mol. The maximum atomic E-state index is 6.13. The van der Waals surface area contributed by atoms with Gasteiger partial charge in [0.15, 0.2) is 0 Å². The summed E-state index contributed by atoms with van der Waals surface area (Å²) < 4.78 is 3.25. The van der Waals surface area contributed by atoms with Crippen molar-refractivity contribution in [3.8, 4) is 11.4 Å². The molecule has 2 aromatic carbocycles. The van der Waals surface area contributed by atoms with Crippen LogP contribution in [0.25, 0.3) is 22.4 Å². The van der Waals surface area contributed by atoms with Crippen LogP contribution < -0.4 is 5.73 Å². The summed E-state index contributed by atoms with van der Waals surface area (Å²) in [6, 6.07) is 14.1. The monoisotopic (exact) mass is 329 g/mol. The van der Waals surface area contributed by atoms with Gasteiger partial charge < -0.3 is 10.3 Å². The van der Waals surface area contributed by atoms with Gasteiger partial charge in [-0.15, -0.1) is 0 Å². The van der Waals surface area contributed by atoms with Gasteiger partial charge in [-0.05, 0) is 36.8 Å². The van der Waals surface area contributed by atoms with E-state index in [1.54, 1.807) is 0 Å². The van der Waals surface area contributed by atoms with E-state index in [0.29, 0.717) is 0 Å². The largest absolute Gasteiger partial charge is 0.398 e. The molecule has 0 aliphatic heterocycles. The molecule has 0 fully saturated rings. The molecule has 0 aliphatic carbocycles. The van der Waals surface area contributed by atoms with Crippen LogP contribution in [0.2, 0.25) is 0 Å². The third-order valence-electron chi connectivity index (χ3n) is 3.36. The second-order valence-corrected chi connectivity index (χ2v) is 5.72. The van der Waals surface area contributed by atoms with Crippen LogP contribution in [0.15, 0.2) is 46.9 Å². The van der Waals surface area contributed by atoms with Gasteiger partial charge in [0.05, 0.1) is 11.0 Å². The first kappa shape index (κ1) is 13.2. The van der Waals surface area contributed by atoms with E-state index < -0.39 is 0 Å². The number of imidazole rings is 1. The van der Waals surface area contributed by atoms with Crippen LogP contribution in [0, 0.1) is 0 Å². The maximum absolute atomic E-state index is 6.13. The molecule has 3 rings (SSSR count). The quantitative estimate of drug-likeness (QED) is 0.721. The Balaban J connectivity index is 2.29. The zero-order chi connectivity index (χ0) is 14.1. The molecule has 3 aromatic rings. The van der Waals surface area contributed by atoms with E-state index in [1.165, 1.54) is 0 Å². The van der Waals surface area contributed by atoms with E-state index in [0.717, 1.165) is 45.5 Å². The van der Waals surface area contributed by atoms with Gasteiger partial charge >= 0.3 is 0 Å². The number of aryl methyl sites for hydroxylation is 1. The predicted octanol–water partition coefficient (Wildman–Crippen LogP) is 4.46. The first-order valence-electron chi connectivity index (χ1n) is 6.71. The number of hydrogen-bond acceptors (Lipinski definition) is 2. The van der Waals surface area contributed by atoms with Gasteiger partial charge in [0.25, 0.3) is 0 Å². The molecule has 102 valence electrons. The lowest BCUT2D eigenvalue weighted by Gasteiger charge is -2.10. The van der Waals surface area contributed by atoms with Crippen molar-refractivity contribution in [2.45, 2.75) is 19.9 Å². The van der Waals surface area contributed by atoms with Crippen LogP contribution in [-0.2, 0) is 6.54 Å². The minimum atomic E-state index is 0.751. The molecule has 20 heavy (non-hydrogen) atoms. The van der Waals surface area contributed by atoms with Crippen LogP contribution in [0.1, 0.15) is 13.3 Å². The molecule has 0 unspecified atom stereocenters. The van der Waals surface area contributed by atoms with Crippen molar-refractivity contribution in [1.82, 2.24) is 9.55 Å². The summed E-state index contributed by atoms with van der Waals surface area (Å²) in [5, 5.41) is 0. The molecule has 0 saturated heterocycles. The molecule has 0 radical (unpaired) electrons. The van der Waals surface area contributed by atoms with Crippen LogP contribution in [-0.4, -0.2) is 9.55 Å².